The van der Waals surface area contributed by atoms with E-state index in [0.717, 1.165) is 12.1 Å². The zero-order chi connectivity index (χ0) is 17.7. The van der Waals surface area contributed by atoms with Gasteiger partial charge in [0.2, 0.25) is 5.82 Å². The van der Waals surface area contributed by atoms with Crippen LogP contribution in [0.2, 0.25) is 0 Å². The maximum Gasteiger partial charge on any atom is 0.328 e. The van der Waals surface area contributed by atoms with E-state index in [2.05, 4.69) is 14.7 Å². The smallest absolute Gasteiger partial charge is 0.223 e. The highest BCUT2D eigenvalue weighted by Crippen LogP contribution is 2.07. The zero-order valence-electron chi connectivity index (χ0n) is 13.1. The molecule has 0 aliphatic carbocycles. The Hall–Kier alpha value is -3.06. The van der Waals surface area contributed by atoms with E-state index in [-0.39, 0.29) is 10.7 Å². The number of amidine groups is 1. The molecular weight excluding hydrogens is 341 g/mol. The van der Waals surface area contributed by atoms with Crippen molar-refractivity contribution in [3.05, 3.63) is 90.4 Å². The standard InChI is InChI=1S/C18H14FN3O2S/c19-15-9-11-16(12-10-15)25(23,24)22-18(14-6-2-1-3-7-14)21-17-8-4-5-13-20-17/h1-13H,(H,20,21,22)/p+1. The van der Waals surface area contributed by atoms with Gasteiger partial charge in [-0.05, 0) is 42.5 Å². The molecule has 3 rings (SSSR count). The molecule has 25 heavy (non-hydrogen) atoms. The molecule has 0 aliphatic rings. The molecule has 0 atom stereocenters. The van der Waals surface area contributed by atoms with Crippen LogP contribution >= 0.6 is 0 Å². The summed E-state index contributed by atoms with van der Waals surface area (Å²) in [6.07, 6.45) is 1.60. The van der Waals surface area contributed by atoms with Crippen molar-refractivity contribution >= 4 is 21.7 Å². The molecule has 1 heterocycles. The van der Waals surface area contributed by atoms with Crippen molar-refractivity contribution in [3.63, 3.8) is 0 Å². The highest BCUT2D eigenvalue weighted by atomic mass is 32.2. The summed E-state index contributed by atoms with van der Waals surface area (Å²) in [6.45, 7) is 0. The summed E-state index contributed by atoms with van der Waals surface area (Å²) >= 11 is 0. The van der Waals surface area contributed by atoms with Crippen LogP contribution in [0.3, 0.4) is 0 Å². The third-order valence-electron chi connectivity index (χ3n) is 3.34. The molecule has 0 saturated carbocycles. The van der Waals surface area contributed by atoms with Gasteiger partial charge in [-0.2, -0.15) is 12.8 Å². The van der Waals surface area contributed by atoms with Crippen molar-refractivity contribution in [2.24, 2.45) is 0 Å². The Labute approximate surface area is 145 Å². The predicted molar refractivity (Wildman–Crippen MR) is 93.0 cm³/mol. The van der Waals surface area contributed by atoms with E-state index in [0.29, 0.717) is 11.4 Å². The van der Waals surface area contributed by atoms with Gasteiger partial charge in [-0.15, -0.1) is 0 Å². The fourth-order valence-corrected chi connectivity index (χ4v) is 3.18. The zero-order valence-corrected chi connectivity index (χ0v) is 13.9. The Bertz CT molecular complexity index is 974. The Kier molecular flexibility index (Phi) is 4.85. The number of halogens is 1. The third kappa shape index (κ3) is 4.27. The van der Waals surface area contributed by atoms with Crippen molar-refractivity contribution < 1.29 is 17.2 Å². The average molecular weight is 356 g/mol. The molecule has 0 fully saturated rings. The van der Waals surface area contributed by atoms with E-state index in [1.807, 2.05) is 6.07 Å². The maximum absolute atomic E-state index is 13.0. The van der Waals surface area contributed by atoms with E-state index in [1.165, 1.54) is 12.1 Å². The van der Waals surface area contributed by atoms with Gasteiger partial charge in [-0.1, -0.05) is 24.3 Å². The van der Waals surface area contributed by atoms with Gasteiger partial charge in [-0.25, -0.2) is 14.7 Å². The summed E-state index contributed by atoms with van der Waals surface area (Å²) in [7, 11) is -3.89. The number of hydrogen-bond donors (Lipinski definition) is 2. The van der Waals surface area contributed by atoms with Gasteiger partial charge in [-0.3, -0.25) is 0 Å². The second kappa shape index (κ2) is 7.23. The van der Waals surface area contributed by atoms with E-state index in [1.54, 1.807) is 48.7 Å². The molecule has 0 amide bonds. The topological polar surface area (TPSA) is 73.0 Å². The molecular formula is C18H15FN3O2S+. The van der Waals surface area contributed by atoms with Gasteiger partial charge < -0.3 is 0 Å². The van der Waals surface area contributed by atoms with Crippen LogP contribution in [-0.2, 0) is 10.0 Å². The van der Waals surface area contributed by atoms with Crippen molar-refractivity contribution in [2.75, 3.05) is 5.32 Å². The van der Waals surface area contributed by atoms with Gasteiger partial charge in [0.05, 0.1) is 5.56 Å². The first-order chi connectivity index (χ1) is 12.0. The average Bonchev–Trinajstić information content (AvgIpc) is 2.63. The first-order valence-corrected chi connectivity index (χ1v) is 8.92. The summed E-state index contributed by atoms with van der Waals surface area (Å²) in [5.74, 6) is 0.240. The van der Waals surface area contributed by atoms with Crippen molar-refractivity contribution in [1.29, 1.82) is 0 Å². The normalized spacial score (nSPS) is 12.0. The van der Waals surface area contributed by atoms with E-state index in [9.17, 15) is 12.8 Å². The minimum atomic E-state index is -3.89. The summed E-state index contributed by atoms with van der Waals surface area (Å²) in [6, 6.07) is 18.8. The molecule has 0 aliphatic heterocycles. The minimum Gasteiger partial charge on any atom is -0.223 e. The second-order valence-corrected chi connectivity index (χ2v) is 6.82. The molecule has 0 unspecified atom stereocenters. The van der Waals surface area contributed by atoms with Gasteiger partial charge in [0.25, 0.3) is 5.84 Å². The summed E-state index contributed by atoms with van der Waals surface area (Å²) in [4.78, 5) is 4.11. The summed E-state index contributed by atoms with van der Waals surface area (Å²) in [5, 5.41) is 2.97. The first-order valence-electron chi connectivity index (χ1n) is 7.43. The van der Waals surface area contributed by atoms with Crippen LogP contribution in [0.25, 0.3) is 0 Å². The minimum absolute atomic E-state index is 0.0369. The number of benzene rings is 2. The molecule has 0 spiro atoms. The lowest BCUT2D eigenvalue weighted by Gasteiger charge is -2.04. The summed E-state index contributed by atoms with van der Waals surface area (Å²) in [5.41, 5.74) is 0.638. The maximum atomic E-state index is 13.0. The third-order valence-corrected chi connectivity index (χ3v) is 4.71. The van der Waals surface area contributed by atoms with Crippen LogP contribution in [0, 0.1) is 5.82 Å². The van der Waals surface area contributed by atoms with Gasteiger partial charge >= 0.3 is 10.0 Å². The number of aromatic nitrogens is 1. The van der Waals surface area contributed by atoms with Crippen molar-refractivity contribution in [2.45, 2.75) is 4.90 Å². The molecule has 0 saturated heterocycles. The Morgan fingerprint density at radius 3 is 2.24 bits per heavy atom. The second-order valence-electron chi connectivity index (χ2n) is 5.14. The number of nitrogens with zero attached hydrogens (tertiary/aromatic N) is 1. The lowest BCUT2D eigenvalue weighted by molar-refractivity contribution is -0.266. The lowest BCUT2D eigenvalue weighted by Crippen LogP contribution is -2.78. The predicted octanol–water partition coefficient (Wildman–Crippen LogP) is 1.55. The fourth-order valence-electron chi connectivity index (χ4n) is 2.13. The van der Waals surface area contributed by atoms with E-state index in [4.69, 9.17) is 0 Å². The van der Waals surface area contributed by atoms with Crippen LogP contribution in [0.5, 0.6) is 0 Å². The number of hydrogen-bond acceptors (Lipinski definition) is 3. The molecule has 2 aromatic carbocycles. The van der Waals surface area contributed by atoms with E-state index >= 15 is 0 Å². The molecule has 0 bridgehead atoms. The van der Waals surface area contributed by atoms with Crippen molar-refractivity contribution in [1.82, 2.24) is 4.98 Å². The number of anilines is 1. The fraction of sp³-hybridized carbons (Fsp3) is 0. The Balaban J connectivity index is 2.04. The van der Waals surface area contributed by atoms with Gasteiger partial charge in [0.1, 0.15) is 10.7 Å². The van der Waals surface area contributed by atoms with Crippen LogP contribution in [0.1, 0.15) is 5.56 Å². The number of nitrogens with one attached hydrogen (secondary N) is 2. The monoisotopic (exact) mass is 356 g/mol. The van der Waals surface area contributed by atoms with Crippen LogP contribution in [0.15, 0.2) is 83.9 Å². The largest absolute Gasteiger partial charge is 0.328 e. The Morgan fingerprint density at radius 2 is 1.60 bits per heavy atom. The molecule has 7 heteroatoms. The number of pyridine rings is 1. The highest BCUT2D eigenvalue weighted by molar-refractivity contribution is 7.84. The number of sulfonamides is 1. The van der Waals surface area contributed by atoms with E-state index < -0.39 is 15.8 Å². The van der Waals surface area contributed by atoms with Gasteiger partial charge in [0.15, 0.2) is 0 Å². The molecule has 1 aromatic heterocycles. The van der Waals surface area contributed by atoms with Crippen LogP contribution in [0.4, 0.5) is 10.2 Å². The summed E-state index contributed by atoms with van der Waals surface area (Å²) < 4.78 is 40.8. The lowest BCUT2D eigenvalue weighted by atomic mass is 10.2. The quantitative estimate of drug-likeness (QED) is 0.550. The molecule has 3 aromatic rings. The van der Waals surface area contributed by atoms with Gasteiger partial charge in [0, 0.05) is 12.3 Å². The molecule has 5 nitrogen and oxygen atoms in total. The SMILES string of the molecule is O=S(=O)([NH+]=C(Nc1ccccn1)c1ccccc1)c1ccc(F)cc1. The highest BCUT2D eigenvalue weighted by Gasteiger charge is 2.20. The van der Waals surface area contributed by atoms with Crippen molar-refractivity contribution in [3.8, 4) is 0 Å². The van der Waals surface area contributed by atoms with Crippen LogP contribution in [-0.4, -0.2) is 19.2 Å². The first kappa shape index (κ1) is 16.8. The van der Waals surface area contributed by atoms with Crippen LogP contribution < -0.4 is 9.71 Å². The molecule has 126 valence electrons. The molecule has 0 radical (unpaired) electrons. The Morgan fingerprint density at radius 1 is 0.920 bits per heavy atom. The molecule has 2 N–H and O–H groups in total. The number of rotatable bonds is 4.